The van der Waals surface area contributed by atoms with Crippen molar-refractivity contribution in [3.05, 3.63) is 102 Å². The summed E-state index contributed by atoms with van der Waals surface area (Å²) in [5.74, 6) is 1.53. The highest BCUT2D eigenvalue weighted by molar-refractivity contribution is 7.25. The molecule has 2 aromatic heterocycles. The summed E-state index contributed by atoms with van der Waals surface area (Å²) in [4.78, 5) is 0. The lowest BCUT2D eigenvalue weighted by atomic mass is 9.81. The van der Waals surface area contributed by atoms with Gasteiger partial charge in [0.2, 0.25) is 0 Å². The van der Waals surface area contributed by atoms with Gasteiger partial charge in [-0.05, 0) is 71.9 Å². The molecule has 2 heterocycles. The van der Waals surface area contributed by atoms with Crippen molar-refractivity contribution < 1.29 is 4.42 Å². The van der Waals surface area contributed by atoms with Gasteiger partial charge in [-0.3, -0.25) is 0 Å². The van der Waals surface area contributed by atoms with Crippen LogP contribution in [0, 0.1) is 5.92 Å². The number of benzene rings is 3. The zero-order valence-corrected chi connectivity index (χ0v) is 20.1. The summed E-state index contributed by atoms with van der Waals surface area (Å²) in [6, 6.07) is 22.4. The third-order valence-electron chi connectivity index (χ3n) is 7.49. The Hall–Kier alpha value is -3.36. The van der Waals surface area contributed by atoms with E-state index in [1.807, 2.05) is 11.3 Å². The molecule has 166 valence electrons. The van der Waals surface area contributed by atoms with Crippen molar-refractivity contribution in [3.8, 4) is 11.1 Å². The van der Waals surface area contributed by atoms with E-state index >= 15 is 0 Å². The summed E-state index contributed by atoms with van der Waals surface area (Å²) in [5.41, 5.74) is 7.71. The van der Waals surface area contributed by atoms with Crippen LogP contribution in [0.1, 0.15) is 37.5 Å². The molecular formula is C32H26OS. The molecule has 0 spiro atoms. The first-order chi connectivity index (χ1) is 16.8. The number of furan rings is 1. The molecule has 1 unspecified atom stereocenters. The largest absolute Gasteiger partial charge is 0.460 e. The number of hydrogen-bond donors (Lipinski definition) is 0. The number of rotatable bonds is 3. The van der Waals surface area contributed by atoms with Crippen molar-refractivity contribution in [2.24, 2.45) is 5.92 Å². The monoisotopic (exact) mass is 458 g/mol. The molecular weight excluding hydrogens is 432 g/mol. The third kappa shape index (κ3) is 3.13. The fourth-order valence-electron chi connectivity index (χ4n) is 5.71. The molecule has 0 saturated carbocycles. The van der Waals surface area contributed by atoms with Crippen LogP contribution in [0.4, 0.5) is 0 Å². The summed E-state index contributed by atoms with van der Waals surface area (Å²) in [7, 11) is 0. The topological polar surface area (TPSA) is 13.1 Å². The van der Waals surface area contributed by atoms with Gasteiger partial charge in [0.05, 0.1) is 0 Å². The van der Waals surface area contributed by atoms with Gasteiger partial charge < -0.3 is 4.42 Å². The fraction of sp³-hybridized carbons (Fsp3) is 0.188. The predicted molar refractivity (Wildman–Crippen MR) is 146 cm³/mol. The van der Waals surface area contributed by atoms with Gasteiger partial charge in [0.15, 0.2) is 0 Å². The molecule has 2 aliphatic carbocycles. The molecule has 2 heteroatoms. The summed E-state index contributed by atoms with van der Waals surface area (Å²) in [5, 5.41) is 3.94. The van der Waals surface area contributed by atoms with Gasteiger partial charge in [-0.25, -0.2) is 0 Å². The highest BCUT2D eigenvalue weighted by atomic mass is 32.1. The second-order valence-corrected chi connectivity index (χ2v) is 10.6. The van der Waals surface area contributed by atoms with Crippen LogP contribution < -0.4 is 0 Å². The van der Waals surface area contributed by atoms with Crippen LogP contribution in [0.2, 0.25) is 0 Å². The fourth-order valence-corrected chi connectivity index (χ4v) is 6.80. The van der Waals surface area contributed by atoms with Crippen LogP contribution in [0.3, 0.4) is 0 Å². The van der Waals surface area contributed by atoms with Crippen LogP contribution in [0.15, 0.2) is 95.0 Å². The second kappa shape index (κ2) is 7.85. The van der Waals surface area contributed by atoms with Crippen LogP contribution >= 0.6 is 11.3 Å². The minimum Gasteiger partial charge on any atom is -0.460 e. The average molecular weight is 459 g/mol. The molecule has 1 atom stereocenters. The van der Waals surface area contributed by atoms with Crippen molar-refractivity contribution in [2.75, 3.05) is 0 Å². The lowest BCUT2D eigenvalue weighted by Crippen LogP contribution is -2.07. The molecule has 0 radical (unpaired) electrons. The zero-order chi connectivity index (χ0) is 22.6. The third-order valence-corrected chi connectivity index (χ3v) is 8.64. The average Bonchev–Trinajstić information content (AvgIpc) is 3.46. The molecule has 1 nitrogen and oxygen atoms in total. The predicted octanol–water partition coefficient (Wildman–Crippen LogP) is 9.71. The maximum absolute atomic E-state index is 6.39. The number of hydrogen-bond acceptors (Lipinski definition) is 2. The molecule has 0 N–H and O–H groups in total. The van der Waals surface area contributed by atoms with Gasteiger partial charge in [0.1, 0.15) is 11.3 Å². The molecule has 34 heavy (non-hydrogen) atoms. The Morgan fingerprint density at radius 2 is 1.62 bits per heavy atom. The summed E-state index contributed by atoms with van der Waals surface area (Å²) in [6.07, 6.45) is 13.8. The van der Waals surface area contributed by atoms with E-state index in [0.29, 0.717) is 5.92 Å². The summed E-state index contributed by atoms with van der Waals surface area (Å²) in [6.45, 7) is 2.35. The summed E-state index contributed by atoms with van der Waals surface area (Å²) < 4.78 is 9.09. The highest BCUT2D eigenvalue weighted by Gasteiger charge is 2.26. The SMILES string of the molecule is CC(C1=CCCC=C1)C1=CCCc2oc3ccc(-c4ccc5sc6ccccc6c5c4)cc3c21. The lowest BCUT2D eigenvalue weighted by Gasteiger charge is -2.22. The number of allylic oxidation sites excluding steroid dienone is 6. The lowest BCUT2D eigenvalue weighted by molar-refractivity contribution is 0.544. The van der Waals surface area contributed by atoms with E-state index in [1.165, 1.54) is 53.4 Å². The van der Waals surface area contributed by atoms with Gasteiger partial charge in [-0.15, -0.1) is 11.3 Å². The first-order valence-corrected chi connectivity index (χ1v) is 13.1. The van der Waals surface area contributed by atoms with E-state index in [9.17, 15) is 0 Å². The van der Waals surface area contributed by atoms with E-state index < -0.39 is 0 Å². The Balaban J connectivity index is 1.36. The molecule has 0 fully saturated rings. The minimum absolute atomic E-state index is 0.383. The maximum Gasteiger partial charge on any atom is 0.134 e. The molecule has 0 bridgehead atoms. The molecule has 0 amide bonds. The Labute approximate surface area is 203 Å². The van der Waals surface area contributed by atoms with Gasteiger partial charge in [0.25, 0.3) is 0 Å². The standard InChI is InChI=1S/C32H26OS/c1-20(21-8-3-2-4-9-21)24-11-7-12-29-32(24)27-19-22(14-16-28(27)33-29)23-15-17-31-26(18-23)25-10-5-6-13-30(25)34-31/h3,5-6,8-11,13-20H,2,4,7,12H2,1H3. The summed E-state index contributed by atoms with van der Waals surface area (Å²) >= 11 is 1.87. The van der Waals surface area contributed by atoms with Gasteiger partial charge in [-0.1, -0.05) is 61.6 Å². The number of thiophene rings is 1. The number of aryl methyl sites for hydroxylation is 1. The number of fused-ring (bicyclic) bond motifs is 6. The van der Waals surface area contributed by atoms with Crippen molar-refractivity contribution in [1.29, 1.82) is 0 Å². The molecule has 2 aliphatic rings. The van der Waals surface area contributed by atoms with Crippen LogP contribution in [-0.4, -0.2) is 0 Å². The Kier molecular flexibility index (Phi) is 4.63. The minimum atomic E-state index is 0.383. The van der Waals surface area contributed by atoms with E-state index in [-0.39, 0.29) is 0 Å². The van der Waals surface area contributed by atoms with Gasteiger partial charge >= 0.3 is 0 Å². The second-order valence-electron chi connectivity index (χ2n) is 9.52. The Bertz CT molecular complexity index is 1670. The zero-order valence-electron chi connectivity index (χ0n) is 19.3. The van der Waals surface area contributed by atoms with Crippen LogP contribution in [0.25, 0.3) is 47.8 Å². The van der Waals surface area contributed by atoms with E-state index in [4.69, 9.17) is 4.42 Å². The molecule has 5 aromatic rings. The molecule has 7 rings (SSSR count). The van der Waals surface area contributed by atoms with Crippen molar-refractivity contribution in [3.63, 3.8) is 0 Å². The van der Waals surface area contributed by atoms with Crippen molar-refractivity contribution in [1.82, 2.24) is 0 Å². The van der Waals surface area contributed by atoms with E-state index in [1.54, 1.807) is 0 Å². The van der Waals surface area contributed by atoms with Gasteiger partial charge in [0, 0.05) is 43.5 Å². The van der Waals surface area contributed by atoms with E-state index in [2.05, 4.69) is 91.9 Å². The maximum atomic E-state index is 6.39. The Morgan fingerprint density at radius 3 is 2.50 bits per heavy atom. The van der Waals surface area contributed by atoms with Gasteiger partial charge in [-0.2, -0.15) is 0 Å². The first kappa shape index (κ1) is 20.1. The van der Waals surface area contributed by atoms with E-state index in [0.717, 1.165) is 37.0 Å². The Morgan fingerprint density at radius 1 is 0.794 bits per heavy atom. The molecule has 0 aliphatic heterocycles. The first-order valence-electron chi connectivity index (χ1n) is 12.3. The smallest absolute Gasteiger partial charge is 0.134 e. The van der Waals surface area contributed by atoms with Crippen LogP contribution in [0.5, 0.6) is 0 Å². The normalized spacial score (nSPS) is 16.6. The molecule has 3 aromatic carbocycles. The highest BCUT2D eigenvalue weighted by Crippen LogP contribution is 2.43. The van der Waals surface area contributed by atoms with Crippen molar-refractivity contribution in [2.45, 2.75) is 32.6 Å². The quantitative estimate of drug-likeness (QED) is 0.262. The molecule has 0 saturated heterocycles. The van der Waals surface area contributed by atoms with Crippen LogP contribution in [-0.2, 0) is 6.42 Å². The van der Waals surface area contributed by atoms with Crippen molar-refractivity contribution >= 4 is 48.1 Å².